The van der Waals surface area contributed by atoms with Crippen molar-refractivity contribution >= 4 is 47.3 Å². The number of carbonyl (C=O) groups is 8. The molecule has 0 aliphatic heterocycles. The lowest BCUT2D eigenvalue weighted by atomic mass is 10.0. The second kappa shape index (κ2) is 39.9. The maximum atomic E-state index is 12.3. The fraction of sp³-hybridized carbons (Fsp3) is 0.810. The lowest BCUT2D eigenvalue weighted by molar-refractivity contribution is -0.143. The number of rotatable bonds is 44. The van der Waals surface area contributed by atoms with Gasteiger partial charge in [-0.15, -0.1) is 0 Å². The lowest BCUT2D eigenvalue weighted by Crippen LogP contribution is -2.43. The molecule has 19 nitrogen and oxygen atoms in total. The number of nitrogens with one attached hydrogen (secondary N) is 4. The number of carboxylic acids is 3. The third kappa shape index (κ3) is 38.5. The van der Waals surface area contributed by atoms with Crippen LogP contribution < -0.4 is 21.3 Å². The minimum atomic E-state index is -1.24. The van der Waals surface area contributed by atoms with Gasteiger partial charge in [0.25, 0.3) is 0 Å². The normalized spacial score (nSPS) is 12.0. The molecular formula is C42H74N4O15. The minimum absolute atomic E-state index is 0.0236. The van der Waals surface area contributed by atoms with Crippen molar-refractivity contribution in [1.82, 2.24) is 21.3 Å². The van der Waals surface area contributed by atoms with Crippen LogP contribution in [0.5, 0.6) is 0 Å². The van der Waals surface area contributed by atoms with Crippen LogP contribution in [0.25, 0.3) is 0 Å². The van der Waals surface area contributed by atoms with Gasteiger partial charge in [0, 0.05) is 51.8 Å². The van der Waals surface area contributed by atoms with E-state index in [1.807, 2.05) is 6.92 Å². The molecule has 0 aromatic rings. The molecule has 0 saturated heterocycles. The first-order valence-corrected chi connectivity index (χ1v) is 22.0. The van der Waals surface area contributed by atoms with Gasteiger partial charge >= 0.3 is 17.9 Å². The fourth-order valence-corrected chi connectivity index (χ4v) is 5.82. The zero-order valence-electron chi connectivity index (χ0n) is 36.3. The Bertz CT molecular complexity index is 1250. The lowest BCUT2D eigenvalue weighted by Gasteiger charge is -2.14. The summed E-state index contributed by atoms with van der Waals surface area (Å²) in [5.74, 6) is -4.93. The number of Topliss-reactive ketones (excluding diaryl/α,β-unsaturated/α-hetero) is 1. The summed E-state index contributed by atoms with van der Waals surface area (Å²) in [5, 5.41) is 37.7. The van der Waals surface area contributed by atoms with E-state index in [-0.39, 0.29) is 128 Å². The van der Waals surface area contributed by atoms with Gasteiger partial charge in [0.15, 0.2) is 5.78 Å². The third-order valence-electron chi connectivity index (χ3n) is 9.29. The van der Waals surface area contributed by atoms with Gasteiger partial charge in [-0.05, 0) is 38.5 Å². The second-order valence-electron chi connectivity index (χ2n) is 14.8. The molecule has 19 heteroatoms. The van der Waals surface area contributed by atoms with Gasteiger partial charge in [0.2, 0.25) is 23.6 Å². The molecule has 0 radical (unpaired) electrons. The standard InChI is InChI=1S/C42H74N4O15/c1-2-3-14-23-43-36(48)21-20-35(42(56)57)46-39(51)32-61-30-27-58-25-15-16-33(47)31-60-29-28-59-26-24-44-37(49)22-19-34(41(54)55)45-38(50)17-12-10-8-6-4-5-7-9-11-13-18-40(52)53/h34-35H,2-32H2,1H3,(H,43,48)(H,44,49)(H,45,50)(H,46,51)(H,52,53)(H,54,55)(H,56,57)/t34-,35-/m0/s1. The second-order valence-corrected chi connectivity index (χ2v) is 14.8. The Morgan fingerprint density at radius 3 is 1.44 bits per heavy atom. The Labute approximate surface area is 360 Å². The molecule has 7 N–H and O–H groups in total. The Morgan fingerprint density at radius 2 is 0.902 bits per heavy atom. The first kappa shape index (κ1) is 56.8. The summed E-state index contributed by atoms with van der Waals surface area (Å²) < 4.78 is 21.3. The van der Waals surface area contributed by atoms with Gasteiger partial charge in [-0.25, -0.2) is 9.59 Å². The topological polar surface area (TPSA) is 282 Å². The summed E-state index contributed by atoms with van der Waals surface area (Å²) in [4.78, 5) is 94.0. The van der Waals surface area contributed by atoms with Crippen LogP contribution in [0.15, 0.2) is 0 Å². The SMILES string of the molecule is CCCCCNC(=O)CC[C@H](NC(=O)COCCOCCCC(=O)COCCOCCNC(=O)CC[C@H](NC(=O)CCCCCCCCCCCCC(=O)O)C(=O)O)C(=O)O. The molecule has 0 heterocycles. The van der Waals surface area contributed by atoms with Crippen molar-refractivity contribution in [3.05, 3.63) is 0 Å². The first-order valence-electron chi connectivity index (χ1n) is 22.0. The van der Waals surface area contributed by atoms with Crippen molar-refractivity contribution in [3.8, 4) is 0 Å². The number of ketones is 1. The first-order chi connectivity index (χ1) is 29.3. The van der Waals surface area contributed by atoms with E-state index < -0.39 is 35.9 Å². The predicted octanol–water partition coefficient (Wildman–Crippen LogP) is 3.29. The van der Waals surface area contributed by atoms with Crippen molar-refractivity contribution in [2.75, 3.05) is 65.9 Å². The zero-order chi connectivity index (χ0) is 45.4. The molecule has 352 valence electrons. The van der Waals surface area contributed by atoms with Crippen LogP contribution in [-0.2, 0) is 57.3 Å². The predicted molar refractivity (Wildman–Crippen MR) is 224 cm³/mol. The highest BCUT2D eigenvalue weighted by Crippen LogP contribution is 2.12. The van der Waals surface area contributed by atoms with E-state index in [1.54, 1.807) is 0 Å². The van der Waals surface area contributed by atoms with Crippen LogP contribution >= 0.6 is 0 Å². The molecule has 4 amide bonds. The highest BCUT2D eigenvalue weighted by Gasteiger charge is 2.22. The van der Waals surface area contributed by atoms with Crippen LogP contribution in [0.1, 0.15) is 142 Å². The largest absolute Gasteiger partial charge is 0.481 e. The van der Waals surface area contributed by atoms with E-state index in [2.05, 4.69) is 21.3 Å². The number of hydrogen-bond donors (Lipinski definition) is 7. The summed E-state index contributed by atoms with van der Waals surface area (Å²) in [6.45, 7) is 3.40. The summed E-state index contributed by atoms with van der Waals surface area (Å²) in [5.41, 5.74) is 0. The molecule has 0 aromatic heterocycles. The fourth-order valence-electron chi connectivity index (χ4n) is 5.82. The number of ether oxygens (including phenoxy) is 4. The molecule has 0 unspecified atom stereocenters. The number of carboxylic acid groups (broad SMARTS) is 3. The summed E-state index contributed by atoms with van der Waals surface area (Å²) in [6, 6.07) is -2.37. The van der Waals surface area contributed by atoms with Crippen LogP contribution in [0.2, 0.25) is 0 Å². The molecule has 0 bridgehead atoms. The van der Waals surface area contributed by atoms with Crippen molar-refractivity contribution in [2.45, 2.75) is 154 Å². The van der Waals surface area contributed by atoms with Gasteiger partial charge in [-0.1, -0.05) is 71.1 Å². The molecule has 0 rings (SSSR count). The van der Waals surface area contributed by atoms with Gasteiger partial charge in [0.1, 0.15) is 25.3 Å². The minimum Gasteiger partial charge on any atom is -0.481 e. The van der Waals surface area contributed by atoms with Gasteiger partial charge in [-0.3, -0.25) is 28.8 Å². The smallest absolute Gasteiger partial charge is 0.326 e. The molecule has 2 atom stereocenters. The van der Waals surface area contributed by atoms with E-state index in [0.29, 0.717) is 19.4 Å². The van der Waals surface area contributed by atoms with Gasteiger partial charge in [-0.2, -0.15) is 0 Å². The highest BCUT2D eigenvalue weighted by molar-refractivity contribution is 5.85. The van der Waals surface area contributed by atoms with Crippen molar-refractivity contribution < 1.29 is 72.6 Å². The Morgan fingerprint density at radius 1 is 0.426 bits per heavy atom. The van der Waals surface area contributed by atoms with Crippen LogP contribution in [0.3, 0.4) is 0 Å². The third-order valence-corrected chi connectivity index (χ3v) is 9.29. The molecule has 0 aromatic carbocycles. The maximum absolute atomic E-state index is 12.3. The van der Waals surface area contributed by atoms with Crippen molar-refractivity contribution in [3.63, 3.8) is 0 Å². The van der Waals surface area contributed by atoms with Crippen molar-refractivity contribution in [1.29, 1.82) is 0 Å². The molecule has 0 fully saturated rings. The Balaban J connectivity index is 3.79. The Kier molecular flexibility index (Phi) is 37.2. The van der Waals surface area contributed by atoms with E-state index in [9.17, 15) is 48.6 Å². The average molecular weight is 875 g/mol. The summed E-state index contributed by atoms with van der Waals surface area (Å²) >= 11 is 0. The van der Waals surface area contributed by atoms with Crippen molar-refractivity contribution in [2.24, 2.45) is 0 Å². The zero-order valence-corrected chi connectivity index (χ0v) is 36.3. The quantitative estimate of drug-likeness (QED) is 0.0433. The van der Waals surface area contributed by atoms with E-state index >= 15 is 0 Å². The summed E-state index contributed by atoms with van der Waals surface area (Å²) in [7, 11) is 0. The molecule has 61 heavy (non-hydrogen) atoms. The van der Waals surface area contributed by atoms with Gasteiger partial charge in [0.05, 0.1) is 33.0 Å². The van der Waals surface area contributed by atoms with E-state index in [0.717, 1.165) is 77.0 Å². The number of hydrogen-bond acceptors (Lipinski definition) is 12. The molecular weight excluding hydrogens is 800 g/mol. The van der Waals surface area contributed by atoms with Crippen LogP contribution in [-0.4, -0.2) is 141 Å². The molecule has 0 spiro atoms. The summed E-state index contributed by atoms with van der Waals surface area (Å²) in [6.07, 6.45) is 13.4. The number of carbonyl (C=O) groups excluding carboxylic acids is 5. The number of unbranched alkanes of at least 4 members (excludes halogenated alkanes) is 11. The number of aliphatic carboxylic acids is 3. The van der Waals surface area contributed by atoms with E-state index in [1.165, 1.54) is 0 Å². The molecule has 0 aliphatic carbocycles. The molecule has 0 saturated carbocycles. The van der Waals surface area contributed by atoms with Gasteiger partial charge < -0.3 is 55.5 Å². The Hall–Kier alpha value is -4.20. The molecule has 0 aliphatic rings. The monoisotopic (exact) mass is 875 g/mol. The van der Waals surface area contributed by atoms with Crippen LogP contribution in [0, 0.1) is 0 Å². The van der Waals surface area contributed by atoms with E-state index in [4.69, 9.17) is 24.1 Å². The maximum Gasteiger partial charge on any atom is 0.326 e. The number of amides is 4. The van der Waals surface area contributed by atoms with Crippen LogP contribution in [0.4, 0.5) is 0 Å². The average Bonchev–Trinajstić information content (AvgIpc) is 3.21. The highest BCUT2D eigenvalue weighted by atomic mass is 16.5.